The van der Waals surface area contributed by atoms with Gasteiger partial charge < -0.3 is 15.5 Å². The number of aromatic nitrogens is 2. The van der Waals surface area contributed by atoms with Crippen molar-refractivity contribution in [1.29, 1.82) is 0 Å². The molecular weight excluding hydrogens is 318 g/mol. The number of hydrogen-bond donors (Lipinski definition) is 2. The fourth-order valence-electron chi connectivity index (χ4n) is 3.16. The average molecular weight is 343 g/mol. The summed E-state index contributed by atoms with van der Waals surface area (Å²) >= 11 is 0. The Labute approximate surface area is 147 Å². The summed E-state index contributed by atoms with van der Waals surface area (Å²) in [6.07, 6.45) is 6.07. The molecule has 0 aliphatic heterocycles. The van der Waals surface area contributed by atoms with Crippen LogP contribution in [0, 0.1) is 0 Å². The molecule has 2 aromatic rings. The fourth-order valence-corrected chi connectivity index (χ4v) is 3.16. The summed E-state index contributed by atoms with van der Waals surface area (Å²) in [5.41, 5.74) is 0.928. The molecular formula is C18H25N5O2. The molecule has 0 atom stereocenters. The molecule has 0 unspecified atom stereocenters. The van der Waals surface area contributed by atoms with Gasteiger partial charge in [0.2, 0.25) is 5.82 Å². The van der Waals surface area contributed by atoms with Crippen LogP contribution in [0.25, 0.3) is 5.52 Å². The molecule has 1 saturated carbocycles. The lowest BCUT2D eigenvalue weighted by Crippen LogP contribution is -2.34. The van der Waals surface area contributed by atoms with Crippen LogP contribution >= 0.6 is 0 Å². The topological polar surface area (TPSA) is 78.7 Å². The number of likely N-dealkylation sites (N-methyl/N-ethyl adjacent to an activating group) is 1. The molecule has 1 aliphatic rings. The van der Waals surface area contributed by atoms with Gasteiger partial charge in [0.1, 0.15) is 0 Å². The molecule has 2 heterocycles. The van der Waals surface area contributed by atoms with Crippen LogP contribution in [0.4, 0.5) is 0 Å². The maximum atomic E-state index is 12.6. The summed E-state index contributed by atoms with van der Waals surface area (Å²) in [5.74, 6) is -0.217. The van der Waals surface area contributed by atoms with Crippen molar-refractivity contribution in [2.24, 2.45) is 0 Å². The highest BCUT2D eigenvalue weighted by molar-refractivity contribution is 6.02. The van der Waals surface area contributed by atoms with Crippen LogP contribution in [0.15, 0.2) is 24.4 Å². The van der Waals surface area contributed by atoms with E-state index in [0.29, 0.717) is 12.1 Å². The second kappa shape index (κ2) is 7.65. The van der Waals surface area contributed by atoms with E-state index in [1.165, 1.54) is 0 Å². The number of carbonyl (C=O) groups excluding carboxylic acids is 2. The van der Waals surface area contributed by atoms with Gasteiger partial charge in [-0.25, -0.2) is 4.98 Å². The largest absolute Gasteiger partial charge is 0.349 e. The molecule has 0 saturated heterocycles. The first-order valence-corrected chi connectivity index (χ1v) is 8.77. The van der Waals surface area contributed by atoms with E-state index < -0.39 is 0 Å². The van der Waals surface area contributed by atoms with E-state index in [9.17, 15) is 9.59 Å². The summed E-state index contributed by atoms with van der Waals surface area (Å²) < 4.78 is 1.69. The number of carbonyl (C=O) groups is 2. The van der Waals surface area contributed by atoms with Gasteiger partial charge in [0, 0.05) is 25.3 Å². The number of nitrogens with zero attached hydrogens (tertiary/aromatic N) is 3. The lowest BCUT2D eigenvalue weighted by molar-refractivity contribution is 0.0926. The van der Waals surface area contributed by atoms with Gasteiger partial charge in [-0.2, -0.15) is 0 Å². The van der Waals surface area contributed by atoms with Crippen molar-refractivity contribution in [3.05, 3.63) is 35.9 Å². The maximum Gasteiger partial charge on any atom is 0.287 e. The summed E-state index contributed by atoms with van der Waals surface area (Å²) in [6.45, 7) is 1.27. The standard InChI is InChI=1S/C18H25N5O2/c1-22(2)12-10-19-17(24)15-14-9-5-6-11-23(14)16(21-15)18(25)20-13-7-3-4-8-13/h5-6,9,11,13H,3-4,7-8,10,12H2,1-2H3,(H,19,24)(H,20,25). The van der Waals surface area contributed by atoms with E-state index in [-0.39, 0.29) is 29.4 Å². The molecule has 0 spiro atoms. The zero-order chi connectivity index (χ0) is 17.8. The Morgan fingerprint density at radius 2 is 2.00 bits per heavy atom. The minimum atomic E-state index is -0.259. The van der Waals surface area contributed by atoms with E-state index in [4.69, 9.17) is 0 Å². The first kappa shape index (κ1) is 17.4. The SMILES string of the molecule is CN(C)CCNC(=O)c1nc(C(=O)NC2CCCC2)n2ccccc12. The molecule has 7 nitrogen and oxygen atoms in total. The van der Waals surface area contributed by atoms with Crippen LogP contribution in [-0.4, -0.2) is 59.3 Å². The molecule has 134 valence electrons. The maximum absolute atomic E-state index is 12.6. The predicted octanol–water partition coefficient (Wildman–Crippen LogP) is 1.30. The van der Waals surface area contributed by atoms with E-state index in [0.717, 1.165) is 32.2 Å². The number of pyridine rings is 1. The van der Waals surface area contributed by atoms with Crippen molar-refractivity contribution in [3.63, 3.8) is 0 Å². The Morgan fingerprint density at radius 1 is 1.24 bits per heavy atom. The second-order valence-electron chi connectivity index (χ2n) is 6.75. The predicted molar refractivity (Wildman–Crippen MR) is 95.8 cm³/mol. The lowest BCUT2D eigenvalue weighted by Gasteiger charge is -2.10. The minimum absolute atomic E-state index is 0.209. The normalized spacial score (nSPS) is 15.0. The van der Waals surface area contributed by atoms with Crippen LogP contribution in [0.5, 0.6) is 0 Å². The summed E-state index contributed by atoms with van der Waals surface area (Å²) in [5, 5.41) is 5.90. The molecule has 2 N–H and O–H groups in total. The highest BCUT2D eigenvalue weighted by Gasteiger charge is 2.24. The Bertz CT molecular complexity index is 762. The van der Waals surface area contributed by atoms with Crippen molar-refractivity contribution >= 4 is 17.3 Å². The quantitative estimate of drug-likeness (QED) is 0.829. The zero-order valence-electron chi connectivity index (χ0n) is 14.8. The van der Waals surface area contributed by atoms with E-state index in [1.54, 1.807) is 16.7 Å². The van der Waals surface area contributed by atoms with Crippen molar-refractivity contribution in [1.82, 2.24) is 24.9 Å². The highest BCUT2D eigenvalue weighted by atomic mass is 16.2. The molecule has 0 bridgehead atoms. The Balaban J connectivity index is 1.82. The molecule has 2 amide bonds. The van der Waals surface area contributed by atoms with Crippen LogP contribution in [0.3, 0.4) is 0 Å². The molecule has 2 aromatic heterocycles. The van der Waals surface area contributed by atoms with E-state index in [2.05, 4.69) is 15.6 Å². The smallest absolute Gasteiger partial charge is 0.287 e. The lowest BCUT2D eigenvalue weighted by atomic mass is 10.2. The molecule has 1 aliphatic carbocycles. The van der Waals surface area contributed by atoms with Crippen molar-refractivity contribution in [2.45, 2.75) is 31.7 Å². The van der Waals surface area contributed by atoms with Crippen LogP contribution in [-0.2, 0) is 0 Å². The minimum Gasteiger partial charge on any atom is -0.349 e. The first-order valence-electron chi connectivity index (χ1n) is 8.77. The van der Waals surface area contributed by atoms with Crippen molar-refractivity contribution in [2.75, 3.05) is 27.2 Å². The molecule has 0 radical (unpaired) electrons. The molecule has 7 heteroatoms. The Kier molecular flexibility index (Phi) is 5.33. The van der Waals surface area contributed by atoms with Gasteiger partial charge in [-0.3, -0.25) is 14.0 Å². The molecule has 25 heavy (non-hydrogen) atoms. The van der Waals surface area contributed by atoms with E-state index >= 15 is 0 Å². The number of amides is 2. The molecule has 1 fully saturated rings. The summed E-state index contributed by atoms with van der Waals surface area (Å²) in [4.78, 5) is 31.5. The van der Waals surface area contributed by atoms with Gasteiger partial charge in [-0.1, -0.05) is 18.9 Å². The molecule has 3 rings (SSSR count). The zero-order valence-corrected chi connectivity index (χ0v) is 14.8. The second-order valence-corrected chi connectivity index (χ2v) is 6.75. The van der Waals surface area contributed by atoms with Gasteiger partial charge in [-0.05, 0) is 39.1 Å². The Hall–Kier alpha value is -2.41. The van der Waals surface area contributed by atoms with E-state index in [1.807, 2.05) is 31.1 Å². The van der Waals surface area contributed by atoms with Gasteiger partial charge in [0.05, 0.1) is 5.52 Å². The van der Waals surface area contributed by atoms with Crippen molar-refractivity contribution in [3.8, 4) is 0 Å². The molecule has 0 aromatic carbocycles. The van der Waals surface area contributed by atoms with Crippen molar-refractivity contribution < 1.29 is 9.59 Å². The average Bonchev–Trinajstić information content (AvgIpc) is 3.21. The van der Waals surface area contributed by atoms with Crippen LogP contribution in [0.2, 0.25) is 0 Å². The highest BCUT2D eigenvalue weighted by Crippen LogP contribution is 2.19. The first-order chi connectivity index (χ1) is 12.1. The van der Waals surface area contributed by atoms with Gasteiger partial charge in [0.15, 0.2) is 5.69 Å². The third-order valence-electron chi connectivity index (χ3n) is 4.50. The summed E-state index contributed by atoms with van der Waals surface area (Å²) in [6, 6.07) is 5.68. The van der Waals surface area contributed by atoms with Gasteiger partial charge in [-0.15, -0.1) is 0 Å². The monoisotopic (exact) mass is 343 g/mol. The number of nitrogens with one attached hydrogen (secondary N) is 2. The summed E-state index contributed by atoms with van der Waals surface area (Å²) in [7, 11) is 3.90. The van der Waals surface area contributed by atoms with Crippen LogP contribution < -0.4 is 10.6 Å². The number of hydrogen-bond acceptors (Lipinski definition) is 4. The number of rotatable bonds is 6. The third kappa shape index (κ3) is 3.99. The van der Waals surface area contributed by atoms with Gasteiger partial charge in [0.25, 0.3) is 11.8 Å². The van der Waals surface area contributed by atoms with Crippen LogP contribution in [0.1, 0.15) is 46.8 Å². The third-order valence-corrected chi connectivity index (χ3v) is 4.50. The Morgan fingerprint density at radius 3 is 2.72 bits per heavy atom. The number of fused-ring (bicyclic) bond motifs is 1. The fraction of sp³-hybridized carbons (Fsp3) is 0.500. The number of imidazole rings is 1. The van der Waals surface area contributed by atoms with Gasteiger partial charge >= 0.3 is 0 Å².